The molecule has 0 fully saturated rings. The molecular weight excluding hydrogens is 217 g/mol. The molecular formula is C11H23F3N2. The van der Waals surface area contributed by atoms with Crippen molar-refractivity contribution in [2.45, 2.75) is 39.3 Å². The van der Waals surface area contributed by atoms with E-state index in [9.17, 15) is 13.2 Å². The highest BCUT2D eigenvalue weighted by molar-refractivity contribution is 4.62. The molecule has 0 rings (SSSR count). The largest absolute Gasteiger partial charge is 0.401 e. The van der Waals surface area contributed by atoms with Gasteiger partial charge >= 0.3 is 6.18 Å². The highest BCUT2D eigenvalue weighted by atomic mass is 19.4. The van der Waals surface area contributed by atoms with Gasteiger partial charge < -0.3 is 5.32 Å². The quantitative estimate of drug-likeness (QED) is 0.623. The maximum atomic E-state index is 12.1. The number of rotatable bonds is 9. The van der Waals surface area contributed by atoms with Crippen LogP contribution in [0.5, 0.6) is 0 Å². The Bertz CT molecular complexity index is 160. The lowest BCUT2D eigenvalue weighted by atomic mass is 10.3. The Morgan fingerprint density at radius 1 is 1.06 bits per heavy atom. The average molecular weight is 240 g/mol. The zero-order valence-corrected chi connectivity index (χ0v) is 10.2. The third-order valence-corrected chi connectivity index (χ3v) is 2.35. The second-order valence-corrected chi connectivity index (χ2v) is 3.94. The average Bonchev–Trinajstić information content (AvgIpc) is 2.19. The van der Waals surface area contributed by atoms with Crippen LogP contribution in [0.2, 0.25) is 0 Å². The number of hydrogen-bond acceptors (Lipinski definition) is 2. The lowest BCUT2D eigenvalue weighted by Gasteiger charge is -2.21. The Labute approximate surface area is 96.2 Å². The molecule has 2 nitrogen and oxygen atoms in total. The molecule has 0 aliphatic rings. The van der Waals surface area contributed by atoms with Crippen molar-refractivity contribution in [1.82, 2.24) is 10.2 Å². The predicted molar refractivity (Wildman–Crippen MR) is 60.6 cm³/mol. The number of hydrogen-bond donors (Lipinski definition) is 1. The molecule has 0 aliphatic carbocycles. The molecule has 0 saturated carbocycles. The molecule has 0 aliphatic heterocycles. The minimum atomic E-state index is -4.07. The van der Waals surface area contributed by atoms with E-state index in [2.05, 4.69) is 12.2 Å². The number of alkyl halides is 3. The fraction of sp³-hybridized carbons (Fsp3) is 1.00. The predicted octanol–water partition coefficient (Wildman–Crippen LogP) is 2.65. The van der Waals surface area contributed by atoms with Gasteiger partial charge in [-0.2, -0.15) is 13.2 Å². The van der Waals surface area contributed by atoms with Crippen LogP contribution in [-0.2, 0) is 0 Å². The highest BCUT2D eigenvalue weighted by Gasteiger charge is 2.29. The van der Waals surface area contributed by atoms with Crippen LogP contribution in [0.15, 0.2) is 0 Å². The maximum absolute atomic E-state index is 12.1. The Morgan fingerprint density at radius 2 is 1.75 bits per heavy atom. The zero-order valence-electron chi connectivity index (χ0n) is 10.2. The van der Waals surface area contributed by atoms with E-state index in [0.29, 0.717) is 13.1 Å². The van der Waals surface area contributed by atoms with E-state index < -0.39 is 12.7 Å². The monoisotopic (exact) mass is 240 g/mol. The van der Waals surface area contributed by atoms with Gasteiger partial charge in [-0.25, -0.2) is 0 Å². The molecule has 16 heavy (non-hydrogen) atoms. The molecule has 1 N–H and O–H groups in total. The first-order valence-electron chi connectivity index (χ1n) is 5.99. The van der Waals surface area contributed by atoms with E-state index in [1.54, 1.807) is 6.92 Å². The number of nitrogens with zero attached hydrogens (tertiary/aromatic N) is 1. The number of nitrogens with one attached hydrogen (secondary N) is 1. The van der Waals surface area contributed by atoms with Gasteiger partial charge in [0.05, 0.1) is 6.54 Å². The van der Waals surface area contributed by atoms with Crippen molar-refractivity contribution in [3.05, 3.63) is 0 Å². The first-order valence-corrected chi connectivity index (χ1v) is 5.99. The SMILES string of the molecule is CCCNCCCCN(CC)CC(F)(F)F. The summed E-state index contributed by atoms with van der Waals surface area (Å²) in [6.45, 7) is 5.95. The van der Waals surface area contributed by atoms with Crippen LogP contribution in [0.25, 0.3) is 0 Å². The molecule has 0 aromatic carbocycles. The van der Waals surface area contributed by atoms with Gasteiger partial charge in [-0.1, -0.05) is 13.8 Å². The standard InChI is InChI=1S/C11H23F3N2/c1-3-7-15-8-5-6-9-16(4-2)10-11(12,13)14/h15H,3-10H2,1-2H3. The first kappa shape index (κ1) is 15.7. The molecule has 5 heteroatoms. The van der Waals surface area contributed by atoms with E-state index in [-0.39, 0.29) is 0 Å². The molecule has 0 bridgehead atoms. The van der Waals surface area contributed by atoms with Crippen molar-refractivity contribution in [2.24, 2.45) is 0 Å². The second-order valence-electron chi connectivity index (χ2n) is 3.94. The van der Waals surface area contributed by atoms with Gasteiger partial charge in [0.25, 0.3) is 0 Å². The summed E-state index contributed by atoms with van der Waals surface area (Å²) in [6, 6.07) is 0. The molecule has 98 valence electrons. The van der Waals surface area contributed by atoms with E-state index >= 15 is 0 Å². The van der Waals surface area contributed by atoms with Gasteiger partial charge in [-0.15, -0.1) is 0 Å². The van der Waals surface area contributed by atoms with Crippen LogP contribution >= 0.6 is 0 Å². The van der Waals surface area contributed by atoms with Crippen LogP contribution < -0.4 is 5.32 Å². The van der Waals surface area contributed by atoms with Crippen molar-refractivity contribution < 1.29 is 13.2 Å². The summed E-state index contributed by atoms with van der Waals surface area (Å²) in [4.78, 5) is 1.44. The van der Waals surface area contributed by atoms with Gasteiger partial charge in [0.15, 0.2) is 0 Å². The van der Waals surface area contributed by atoms with Gasteiger partial charge in [0.1, 0.15) is 0 Å². The van der Waals surface area contributed by atoms with E-state index in [4.69, 9.17) is 0 Å². The Balaban J connectivity index is 3.48. The van der Waals surface area contributed by atoms with Crippen molar-refractivity contribution >= 4 is 0 Å². The van der Waals surface area contributed by atoms with Crippen molar-refractivity contribution in [3.63, 3.8) is 0 Å². The van der Waals surface area contributed by atoms with Crippen molar-refractivity contribution in [1.29, 1.82) is 0 Å². The maximum Gasteiger partial charge on any atom is 0.401 e. The summed E-state index contributed by atoms with van der Waals surface area (Å²) in [7, 11) is 0. The smallest absolute Gasteiger partial charge is 0.317 e. The summed E-state index contributed by atoms with van der Waals surface area (Å²) in [5.74, 6) is 0. The van der Waals surface area contributed by atoms with Crippen LogP contribution in [0, 0.1) is 0 Å². The molecule has 0 atom stereocenters. The van der Waals surface area contributed by atoms with E-state index in [1.165, 1.54) is 4.90 Å². The summed E-state index contributed by atoms with van der Waals surface area (Å²) >= 11 is 0. The Morgan fingerprint density at radius 3 is 2.25 bits per heavy atom. The second kappa shape index (κ2) is 8.82. The van der Waals surface area contributed by atoms with Crippen molar-refractivity contribution in [2.75, 3.05) is 32.7 Å². The minimum absolute atomic E-state index is 0.460. The van der Waals surface area contributed by atoms with E-state index in [1.807, 2.05) is 0 Å². The van der Waals surface area contributed by atoms with Gasteiger partial charge in [-0.3, -0.25) is 4.90 Å². The van der Waals surface area contributed by atoms with E-state index in [0.717, 1.165) is 32.4 Å². The molecule has 0 unspecified atom stereocenters. The Kier molecular flexibility index (Phi) is 8.66. The van der Waals surface area contributed by atoms with Gasteiger partial charge in [0.2, 0.25) is 0 Å². The third kappa shape index (κ3) is 10.2. The highest BCUT2D eigenvalue weighted by Crippen LogP contribution is 2.16. The van der Waals surface area contributed by atoms with Crippen LogP contribution in [-0.4, -0.2) is 43.8 Å². The zero-order chi connectivity index (χ0) is 12.4. The Hall–Kier alpha value is -0.290. The summed E-state index contributed by atoms with van der Waals surface area (Å²) in [5, 5.41) is 3.23. The molecule has 0 aromatic rings. The lowest BCUT2D eigenvalue weighted by Crippen LogP contribution is -2.35. The molecule has 0 heterocycles. The van der Waals surface area contributed by atoms with Gasteiger partial charge in [0, 0.05) is 0 Å². The minimum Gasteiger partial charge on any atom is -0.317 e. The summed E-state index contributed by atoms with van der Waals surface area (Å²) in [5.41, 5.74) is 0. The topological polar surface area (TPSA) is 15.3 Å². The first-order chi connectivity index (χ1) is 7.49. The van der Waals surface area contributed by atoms with Crippen molar-refractivity contribution in [3.8, 4) is 0 Å². The number of unbranched alkanes of at least 4 members (excludes halogenated alkanes) is 1. The lowest BCUT2D eigenvalue weighted by molar-refractivity contribution is -0.145. The molecule has 0 aromatic heterocycles. The fourth-order valence-corrected chi connectivity index (χ4v) is 1.49. The molecule has 0 radical (unpaired) electrons. The fourth-order valence-electron chi connectivity index (χ4n) is 1.49. The summed E-state index contributed by atoms with van der Waals surface area (Å²) < 4.78 is 36.3. The van der Waals surface area contributed by atoms with Crippen LogP contribution in [0.1, 0.15) is 33.1 Å². The molecule has 0 spiro atoms. The molecule has 0 amide bonds. The van der Waals surface area contributed by atoms with Crippen LogP contribution in [0.3, 0.4) is 0 Å². The third-order valence-electron chi connectivity index (χ3n) is 2.35. The summed E-state index contributed by atoms with van der Waals surface area (Å²) in [6.07, 6.45) is -1.22. The number of halogens is 3. The normalized spacial score (nSPS) is 12.4. The van der Waals surface area contributed by atoms with Crippen LogP contribution in [0.4, 0.5) is 13.2 Å². The molecule has 0 saturated heterocycles. The van der Waals surface area contributed by atoms with Gasteiger partial charge in [-0.05, 0) is 45.4 Å².